The number of halogens is 1. The molecule has 19 heavy (non-hydrogen) atoms. The van der Waals surface area contributed by atoms with Crippen LogP contribution in [0.5, 0.6) is 0 Å². The lowest BCUT2D eigenvalue weighted by Crippen LogP contribution is -2.34. The number of β-amino-alcohol motifs (C(OH)–C–C–N with tert-alkyl or cyclic N) is 1. The summed E-state index contributed by atoms with van der Waals surface area (Å²) in [6.07, 6.45) is 0.0266. The third-order valence-electron chi connectivity index (χ3n) is 2.93. The molecule has 1 aliphatic heterocycles. The highest BCUT2D eigenvalue weighted by atomic mass is 79.9. The normalized spacial score (nSPS) is 18.4. The minimum absolute atomic E-state index is 0.0162. The van der Waals surface area contributed by atoms with E-state index in [-0.39, 0.29) is 17.8 Å². The molecule has 1 atom stereocenters. The maximum atomic E-state index is 12.0. The van der Waals surface area contributed by atoms with Crippen molar-refractivity contribution in [1.29, 1.82) is 0 Å². The summed E-state index contributed by atoms with van der Waals surface area (Å²) in [7, 11) is 0. The summed E-state index contributed by atoms with van der Waals surface area (Å²) in [5.41, 5.74) is 0.240. The second kappa shape index (κ2) is 5.58. The fourth-order valence-corrected chi connectivity index (χ4v) is 2.41. The Balaban J connectivity index is 2.19. The number of aromatic carboxylic acids is 1. The second-order valence-electron chi connectivity index (χ2n) is 4.29. The number of carboxylic acid groups (broad SMARTS) is 1. The number of nitrogens with one attached hydrogen (secondary N) is 1. The maximum Gasteiger partial charge on any atom is 0.337 e. The molecule has 7 heteroatoms. The van der Waals surface area contributed by atoms with Gasteiger partial charge in [-0.05, 0) is 34.5 Å². The first kappa shape index (κ1) is 13.8. The standard InChI is InChI=1S/C12H13BrN2O4/c13-9-3-1-2-8(11(17)18)10(9)14-12(19)15-5-4-7(16)6-15/h1-3,7,16H,4-6H2,(H,14,19)(H,17,18). The molecule has 0 aliphatic carbocycles. The molecule has 1 unspecified atom stereocenters. The molecule has 1 heterocycles. The van der Waals surface area contributed by atoms with Crippen LogP contribution in [-0.4, -0.2) is 46.3 Å². The Labute approximate surface area is 118 Å². The summed E-state index contributed by atoms with van der Waals surface area (Å²) in [4.78, 5) is 24.5. The summed E-state index contributed by atoms with van der Waals surface area (Å²) in [5, 5.41) is 21.0. The van der Waals surface area contributed by atoms with Crippen LogP contribution in [0.1, 0.15) is 16.8 Å². The number of urea groups is 1. The lowest BCUT2D eigenvalue weighted by Gasteiger charge is -2.18. The summed E-state index contributed by atoms with van der Waals surface area (Å²) < 4.78 is 0.500. The fraction of sp³-hybridized carbons (Fsp3) is 0.333. The van der Waals surface area contributed by atoms with Crippen LogP contribution in [0.2, 0.25) is 0 Å². The van der Waals surface area contributed by atoms with E-state index in [0.717, 1.165) is 0 Å². The van der Waals surface area contributed by atoms with E-state index in [0.29, 0.717) is 17.4 Å². The third-order valence-corrected chi connectivity index (χ3v) is 3.59. The molecular weight excluding hydrogens is 316 g/mol. The Morgan fingerprint density at radius 3 is 2.74 bits per heavy atom. The van der Waals surface area contributed by atoms with E-state index in [9.17, 15) is 14.7 Å². The van der Waals surface area contributed by atoms with Crippen molar-refractivity contribution in [2.75, 3.05) is 18.4 Å². The molecule has 0 saturated carbocycles. The van der Waals surface area contributed by atoms with Gasteiger partial charge in [-0.3, -0.25) is 0 Å². The van der Waals surface area contributed by atoms with Crippen LogP contribution in [-0.2, 0) is 0 Å². The zero-order chi connectivity index (χ0) is 14.0. The second-order valence-corrected chi connectivity index (χ2v) is 5.14. The van der Waals surface area contributed by atoms with E-state index < -0.39 is 18.1 Å². The fourth-order valence-electron chi connectivity index (χ4n) is 1.94. The highest BCUT2D eigenvalue weighted by Crippen LogP contribution is 2.27. The van der Waals surface area contributed by atoms with Crippen LogP contribution in [0.25, 0.3) is 0 Å². The van der Waals surface area contributed by atoms with Crippen LogP contribution in [0.3, 0.4) is 0 Å². The van der Waals surface area contributed by atoms with E-state index >= 15 is 0 Å². The highest BCUT2D eigenvalue weighted by Gasteiger charge is 2.26. The van der Waals surface area contributed by atoms with Gasteiger partial charge in [0.2, 0.25) is 0 Å². The van der Waals surface area contributed by atoms with Gasteiger partial charge < -0.3 is 20.4 Å². The number of aliphatic hydroxyl groups excluding tert-OH is 1. The van der Waals surface area contributed by atoms with Gasteiger partial charge in [0.1, 0.15) is 0 Å². The molecular formula is C12H13BrN2O4. The summed E-state index contributed by atoms with van der Waals surface area (Å²) in [6.45, 7) is 0.721. The van der Waals surface area contributed by atoms with Gasteiger partial charge in [-0.15, -0.1) is 0 Å². The predicted molar refractivity (Wildman–Crippen MR) is 72.3 cm³/mol. The number of anilines is 1. The number of hydrogen-bond donors (Lipinski definition) is 3. The number of aliphatic hydroxyl groups is 1. The van der Waals surface area contributed by atoms with Crippen LogP contribution in [0.4, 0.5) is 10.5 Å². The van der Waals surface area contributed by atoms with Gasteiger partial charge in [0.15, 0.2) is 0 Å². The van der Waals surface area contributed by atoms with Crippen molar-refractivity contribution in [1.82, 2.24) is 4.90 Å². The number of rotatable bonds is 2. The number of carbonyl (C=O) groups excluding carboxylic acids is 1. The largest absolute Gasteiger partial charge is 0.478 e. The van der Waals surface area contributed by atoms with E-state index in [1.54, 1.807) is 12.1 Å². The molecule has 0 spiro atoms. The molecule has 0 radical (unpaired) electrons. The molecule has 1 aromatic carbocycles. The molecule has 3 N–H and O–H groups in total. The lowest BCUT2D eigenvalue weighted by molar-refractivity contribution is 0.0698. The van der Waals surface area contributed by atoms with Crippen LogP contribution < -0.4 is 5.32 Å². The summed E-state index contributed by atoms with van der Waals surface area (Å²) in [6, 6.07) is 4.25. The molecule has 1 fully saturated rings. The SMILES string of the molecule is O=C(O)c1cccc(Br)c1NC(=O)N1CCC(O)C1. The summed E-state index contributed by atoms with van der Waals surface area (Å²) >= 11 is 3.22. The number of carbonyl (C=O) groups is 2. The van der Waals surface area contributed by atoms with Crippen LogP contribution in [0, 0.1) is 0 Å². The van der Waals surface area contributed by atoms with Gasteiger partial charge in [-0.2, -0.15) is 0 Å². The minimum atomic E-state index is -1.11. The van der Waals surface area contributed by atoms with Crippen molar-refractivity contribution in [3.8, 4) is 0 Å². The first-order valence-corrected chi connectivity index (χ1v) is 6.54. The Morgan fingerprint density at radius 1 is 1.42 bits per heavy atom. The number of para-hydroxylation sites is 1. The van der Waals surface area contributed by atoms with Gasteiger partial charge >= 0.3 is 12.0 Å². The number of benzene rings is 1. The quantitative estimate of drug-likeness (QED) is 0.771. The van der Waals surface area contributed by atoms with Crippen LogP contribution >= 0.6 is 15.9 Å². The Hall–Kier alpha value is -1.60. The van der Waals surface area contributed by atoms with Gasteiger partial charge in [0, 0.05) is 17.6 Å². The molecule has 102 valence electrons. The number of likely N-dealkylation sites (tertiary alicyclic amines) is 1. The molecule has 0 bridgehead atoms. The topological polar surface area (TPSA) is 89.9 Å². The van der Waals surface area contributed by atoms with Crippen LogP contribution in [0.15, 0.2) is 22.7 Å². The zero-order valence-corrected chi connectivity index (χ0v) is 11.6. The molecule has 6 nitrogen and oxygen atoms in total. The van der Waals surface area contributed by atoms with Gasteiger partial charge in [0.05, 0.1) is 17.4 Å². The van der Waals surface area contributed by atoms with Gasteiger partial charge in [-0.25, -0.2) is 9.59 Å². The van der Waals surface area contributed by atoms with E-state index in [2.05, 4.69) is 21.2 Å². The average molecular weight is 329 g/mol. The lowest BCUT2D eigenvalue weighted by atomic mass is 10.2. The van der Waals surface area contributed by atoms with E-state index in [1.807, 2.05) is 0 Å². The Bertz CT molecular complexity index is 520. The van der Waals surface area contributed by atoms with E-state index in [1.165, 1.54) is 11.0 Å². The third kappa shape index (κ3) is 3.05. The van der Waals surface area contributed by atoms with Gasteiger partial charge in [0.25, 0.3) is 0 Å². The first-order valence-electron chi connectivity index (χ1n) is 5.75. The predicted octanol–water partition coefficient (Wildman–Crippen LogP) is 1.75. The molecule has 2 amide bonds. The molecule has 0 aromatic heterocycles. The zero-order valence-electron chi connectivity index (χ0n) is 9.97. The first-order chi connectivity index (χ1) is 8.99. The maximum absolute atomic E-state index is 12.0. The Kier molecular flexibility index (Phi) is 4.06. The number of hydrogen-bond acceptors (Lipinski definition) is 3. The van der Waals surface area contributed by atoms with Crippen molar-refractivity contribution >= 4 is 33.6 Å². The number of amides is 2. The van der Waals surface area contributed by atoms with Crippen molar-refractivity contribution in [3.63, 3.8) is 0 Å². The van der Waals surface area contributed by atoms with Gasteiger partial charge in [-0.1, -0.05) is 6.07 Å². The van der Waals surface area contributed by atoms with Crippen molar-refractivity contribution in [3.05, 3.63) is 28.2 Å². The minimum Gasteiger partial charge on any atom is -0.478 e. The molecule has 1 aromatic rings. The van der Waals surface area contributed by atoms with Crippen molar-refractivity contribution in [2.24, 2.45) is 0 Å². The van der Waals surface area contributed by atoms with Crippen molar-refractivity contribution < 1.29 is 19.8 Å². The molecule has 2 rings (SSSR count). The Morgan fingerprint density at radius 2 is 2.16 bits per heavy atom. The smallest absolute Gasteiger partial charge is 0.337 e. The number of nitrogens with zero attached hydrogens (tertiary/aromatic N) is 1. The summed E-state index contributed by atoms with van der Waals surface area (Å²) in [5.74, 6) is -1.11. The molecule has 1 saturated heterocycles. The molecule has 1 aliphatic rings. The average Bonchev–Trinajstić information content (AvgIpc) is 2.78. The van der Waals surface area contributed by atoms with E-state index in [4.69, 9.17) is 5.11 Å². The number of carboxylic acids is 1. The van der Waals surface area contributed by atoms with Crippen molar-refractivity contribution in [2.45, 2.75) is 12.5 Å². The highest BCUT2D eigenvalue weighted by molar-refractivity contribution is 9.10. The monoisotopic (exact) mass is 328 g/mol.